The van der Waals surface area contributed by atoms with Gasteiger partial charge in [-0.2, -0.15) is 0 Å². The number of fused-ring (bicyclic) bond motifs is 1. The number of para-hydroxylation sites is 6. The summed E-state index contributed by atoms with van der Waals surface area (Å²) in [5, 5.41) is 0. The summed E-state index contributed by atoms with van der Waals surface area (Å²) in [6, 6.07) is 51.0. The topological polar surface area (TPSA) is 21.3 Å². The van der Waals surface area contributed by atoms with Crippen LogP contribution in [0, 0.1) is 6.33 Å². The molecule has 0 bridgehead atoms. The van der Waals surface area contributed by atoms with E-state index in [1.54, 1.807) is 27.3 Å². The van der Waals surface area contributed by atoms with Gasteiger partial charge in [-0.3, -0.25) is 9.13 Å². The van der Waals surface area contributed by atoms with Crippen LogP contribution >= 0.6 is 0 Å². The van der Waals surface area contributed by atoms with Crippen LogP contribution in [0.5, 0.6) is 11.5 Å². The van der Waals surface area contributed by atoms with Gasteiger partial charge in [0, 0.05) is 16.9 Å². The Morgan fingerprint density at radius 2 is 1.02 bits per heavy atom. The fraction of sp³-hybridized carbons (Fsp3) is 0. The van der Waals surface area contributed by atoms with Crippen LogP contribution in [0.1, 0.15) is 13.7 Å². The van der Waals surface area contributed by atoms with Crippen LogP contribution in [-0.4, -0.2) is 4.57 Å². The van der Waals surface area contributed by atoms with Gasteiger partial charge in [0.2, 0.25) is 0 Å². The number of nitrogens with zero attached hydrogens (tertiary/aromatic N) is 3. The van der Waals surface area contributed by atoms with Crippen LogP contribution in [0.2, 0.25) is 0 Å². The van der Waals surface area contributed by atoms with Gasteiger partial charge >= 0.3 is 0 Å². The largest absolute Gasteiger partial charge is 0.458 e. The minimum absolute atomic E-state index is 0.129. The van der Waals surface area contributed by atoms with Crippen molar-refractivity contribution in [1.29, 1.82) is 0 Å². The van der Waals surface area contributed by atoms with Crippen molar-refractivity contribution in [1.82, 2.24) is 4.57 Å². The molecule has 0 aliphatic carbocycles. The number of ether oxygens (including phenoxy) is 1. The van der Waals surface area contributed by atoms with Gasteiger partial charge < -0.3 is 9.64 Å². The van der Waals surface area contributed by atoms with Crippen LogP contribution in [0.3, 0.4) is 0 Å². The molecule has 1 aromatic heterocycles. The third-order valence-corrected chi connectivity index (χ3v) is 9.99. The molecule has 0 saturated heterocycles. The van der Waals surface area contributed by atoms with Gasteiger partial charge in [-0.25, -0.2) is 0 Å². The minimum Gasteiger partial charge on any atom is -0.458 e. The SMILES string of the molecule is [2H]c1c([2H])c([2H])c(-c2cccc(-c3c([2H])c([2H])c([2H])c([2H])c3[2H])c2-[n+]2[c-]n(-c3cccc(Oc4cccc(-c5ccccc5N(c5ccccc5)c5ccccc5)c4)c3)c3ccccc32)c([2H])c1[2H]. The highest BCUT2D eigenvalue weighted by molar-refractivity contribution is 5.88. The van der Waals surface area contributed by atoms with Crippen LogP contribution in [0.25, 0.3) is 55.8 Å². The molecule has 0 atom stereocenters. The number of hydrogen-bond acceptors (Lipinski definition) is 2. The molecule has 0 radical (unpaired) electrons. The van der Waals surface area contributed by atoms with Gasteiger partial charge in [-0.15, -0.1) is 0 Å². The van der Waals surface area contributed by atoms with E-state index in [9.17, 15) is 0 Å². The standard InChI is InChI=1S/C55H39N3O/c1-5-20-41(21-6-1)50-33-19-34-51(42-22-7-2-8-23-42)55(50)57-40-56(53-36-15-16-37-54(53)57)46-29-18-31-48(39-46)59-47-30-17-24-43(38-47)49-32-13-14-35-52(49)58(44-25-9-3-10-26-44)45-27-11-4-12-28-45/h1-39H/i1D,2D,5D,6D,7D,8D,20D,21D,22D,23D. The van der Waals surface area contributed by atoms with E-state index >= 15 is 0 Å². The number of rotatable bonds is 10. The Kier molecular flexibility index (Phi) is 7.02. The lowest BCUT2D eigenvalue weighted by Gasteiger charge is -2.27. The predicted octanol–water partition coefficient (Wildman–Crippen LogP) is 14.0. The van der Waals surface area contributed by atoms with Crippen LogP contribution < -0.4 is 14.2 Å². The fourth-order valence-electron chi connectivity index (χ4n) is 7.42. The van der Waals surface area contributed by atoms with Gasteiger partial charge in [0.15, 0.2) is 0 Å². The summed E-state index contributed by atoms with van der Waals surface area (Å²) in [5.41, 5.74) is 7.04. The normalized spacial score (nSPS) is 13.4. The summed E-state index contributed by atoms with van der Waals surface area (Å²) in [7, 11) is 0. The highest BCUT2D eigenvalue weighted by atomic mass is 16.5. The van der Waals surface area contributed by atoms with E-state index in [0.717, 1.165) is 28.2 Å². The summed E-state index contributed by atoms with van der Waals surface area (Å²) in [6.45, 7) is 0. The number of benzene rings is 9. The van der Waals surface area contributed by atoms with E-state index in [2.05, 4.69) is 53.7 Å². The van der Waals surface area contributed by atoms with E-state index in [-0.39, 0.29) is 27.9 Å². The molecule has 0 amide bonds. The molecule has 9 aromatic carbocycles. The first-order valence-electron chi connectivity index (χ1n) is 24.0. The molecule has 10 aromatic rings. The molecule has 0 spiro atoms. The van der Waals surface area contributed by atoms with E-state index in [1.165, 1.54) is 0 Å². The van der Waals surface area contributed by atoms with E-state index in [4.69, 9.17) is 18.4 Å². The lowest BCUT2D eigenvalue weighted by atomic mass is 9.95. The molecule has 0 saturated carbocycles. The Bertz CT molecular complexity index is 3440. The average molecular weight is 768 g/mol. The van der Waals surface area contributed by atoms with Crippen molar-refractivity contribution < 1.29 is 23.0 Å². The van der Waals surface area contributed by atoms with Gasteiger partial charge in [0.1, 0.15) is 11.5 Å². The summed E-state index contributed by atoms with van der Waals surface area (Å²) in [4.78, 5) is 2.23. The monoisotopic (exact) mass is 767 g/mol. The molecule has 0 fully saturated rings. The average Bonchev–Trinajstić information content (AvgIpc) is 3.77. The maximum Gasteiger partial charge on any atom is 0.269 e. The second-order valence-corrected chi connectivity index (χ2v) is 13.6. The van der Waals surface area contributed by atoms with Gasteiger partial charge in [0.05, 0.1) is 41.8 Å². The molecular weight excluding hydrogens is 719 g/mol. The number of aromatic nitrogens is 2. The van der Waals surface area contributed by atoms with Crippen LogP contribution in [0.4, 0.5) is 17.1 Å². The first-order valence-corrected chi connectivity index (χ1v) is 19.0. The smallest absolute Gasteiger partial charge is 0.269 e. The quantitative estimate of drug-likeness (QED) is 0.102. The summed E-state index contributed by atoms with van der Waals surface area (Å²) in [6.07, 6.45) is 3.43. The van der Waals surface area contributed by atoms with Crippen molar-refractivity contribution in [3.8, 4) is 56.3 Å². The highest BCUT2D eigenvalue weighted by Crippen LogP contribution is 2.41. The number of imidazole rings is 1. The van der Waals surface area contributed by atoms with E-state index in [0.29, 0.717) is 28.2 Å². The van der Waals surface area contributed by atoms with Crippen LogP contribution in [0.15, 0.2) is 236 Å². The molecule has 0 N–H and O–H groups in total. The van der Waals surface area contributed by atoms with Crippen molar-refractivity contribution in [2.24, 2.45) is 0 Å². The Morgan fingerprint density at radius 1 is 0.475 bits per heavy atom. The Hall–Kier alpha value is -7.95. The first kappa shape index (κ1) is 26.1. The lowest BCUT2D eigenvalue weighted by Crippen LogP contribution is -2.31. The predicted molar refractivity (Wildman–Crippen MR) is 241 cm³/mol. The molecule has 59 heavy (non-hydrogen) atoms. The molecule has 1 heterocycles. The van der Waals surface area contributed by atoms with Crippen LogP contribution in [-0.2, 0) is 0 Å². The third kappa shape index (κ3) is 7.05. The van der Waals surface area contributed by atoms with Crippen molar-refractivity contribution in [2.45, 2.75) is 0 Å². The zero-order chi connectivity index (χ0) is 48.1. The van der Waals surface area contributed by atoms with Gasteiger partial charge in [0.25, 0.3) is 6.33 Å². The molecule has 4 nitrogen and oxygen atoms in total. The summed E-state index contributed by atoms with van der Waals surface area (Å²) < 4.78 is 96.9. The van der Waals surface area contributed by atoms with Crippen molar-refractivity contribution in [2.75, 3.05) is 4.90 Å². The maximum absolute atomic E-state index is 9.00. The van der Waals surface area contributed by atoms with Gasteiger partial charge in [-0.05, 0) is 88.5 Å². The molecule has 0 unspecified atom stereocenters. The minimum atomic E-state index is -0.565. The second-order valence-electron chi connectivity index (χ2n) is 13.6. The van der Waals surface area contributed by atoms with E-state index in [1.807, 2.05) is 115 Å². The van der Waals surface area contributed by atoms with Crippen molar-refractivity contribution >= 4 is 28.1 Å². The van der Waals surface area contributed by atoms with E-state index < -0.39 is 60.4 Å². The molecule has 4 heteroatoms. The number of anilines is 3. The maximum atomic E-state index is 9.00. The zero-order valence-corrected chi connectivity index (χ0v) is 31.5. The third-order valence-electron chi connectivity index (χ3n) is 9.99. The molecular formula is C55H39N3O. The molecule has 280 valence electrons. The first-order chi connectivity index (χ1) is 33.4. The molecule has 0 aliphatic heterocycles. The number of hydrogen-bond donors (Lipinski definition) is 0. The zero-order valence-electron chi connectivity index (χ0n) is 41.5. The summed E-state index contributed by atoms with van der Waals surface area (Å²) in [5.74, 6) is 1.11. The summed E-state index contributed by atoms with van der Waals surface area (Å²) >= 11 is 0. The van der Waals surface area contributed by atoms with Crippen molar-refractivity contribution in [3.63, 3.8) is 0 Å². The second kappa shape index (κ2) is 15.9. The Balaban J connectivity index is 1.10. The lowest BCUT2D eigenvalue weighted by molar-refractivity contribution is -0.571. The highest BCUT2D eigenvalue weighted by Gasteiger charge is 2.20. The van der Waals surface area contributed by atoms with Crippen molar-refractivity contribution in [3.05, 3.63) is 243 Å². The molecule has 0 aliphatic rings. The Labute approximate surface area is 358 Å². The fourth-order valence-corrected chi connectivity index (χ4v) is 7.42. The molecule has 10 rings (SSSR count). The van der Waals surface area contributed by atoms with Gasteiger partial charge in [-0.1, -0.05) is 176 Å². The Morgan fingerprint density at radius 3 is 1.69 bits per heavy atom.